The van der Waals surface area contributed by atoms with Gasteiger partial charge in [0, 0.05) is 11.8 Å². The van der Waals surface area contributed by atoms with Crippen molar-refractivity contribution in [3.63, 3.8) is 0 Å². The maximum absolute atomic E-state index is 3.33. The van der Waals surface area contributed by atoms with E-state index in [-0.39, 0.29) is 0 Å². The van der Waals surface area contributed by atoms with Crippen LogP contribution in [0.15, 0.2) is 0 Å². The summed E-state index contributed by atoms with van der Waals surface area (Å²) in [5, 5.41) is 4.19. The number of hydrogen-bond donors (Lipinski definition) is 1. The van der Waals surface area contributed by atoms with Crippen LogP contribution < -0.4 is 5.32 Å². The molecule has 0 bridgehead atoms. The Labute approximate surface area is 73.3 Å². The molecule has 1 aliphatic rings. The maximum atomic E-state index is 3.33. The molecule has 1 unspecified atom stereocenters. The molecule has 1 rings (SSSR count). The Morgan fingerprint density at radius 1 is 1.64 bits per heavy atom. The van der Waals surface area contributed by atoms with Crippen LogP contribution in [0.5, 0.6) is 0 Å². The number of thioether (sulfide) groups is 1. The van der Waals surface area contributed by atoms with Crippen LogP contribution >= 0.6 is 11.8 Å². The summed E-state index contributed by atoms with van der Waals surface area (Å²) in [6, 6.07) is 0. The Hall–Kier alpha value is -0.130. The lowest BCUT2D eigenvalue weighted by atomic mass is 10.2. The summed E-state index contributed by atoms with van der Waals surface area (Å²) in [7, 11) is 0. The second-order valence-electron chi connectivity index (χ2n) is 2.69. The minimum Gasteiger partial charge on any atom is -0.305 e. The molecule has 0 saturated carbocycles. The summed E-state index contributed by atoms with van der Waals surface area (Å²) in [5.74, 6) is 7.23. The van der Waals surface area contributed by atoms with Gasteiger partial charge in [-0.05, 0) is 25.5 Å². The van der Waals surface area contributed by atoms with Gasteiger partial charge in [0.2, 0.25) is 0 Å². The van der Waals surface area contributed by atoms with Crippen molar-refractivity contribution in [2.24, 2.45) is 0 Å². The van der Waals surface area contributed by atoms with E-state index in [4.69, 9.17) is 0 Å². The molecule has 0 aromatic heterocycles. The molecular formula is C9H15NS. The minimum atomic E-state index is 0.855. The average Bonchev–Trinajstić information content (AvgIpc) is 2.50. The Bertz CT molecular complexity index is 151. The Kier molecular flexibility index (Phi) is 4.49. The van der Waals surface area contributed by atoms with E-state index in [9.17, 15) is 0 Å². The summed E-state index contributed by atoms with van der Waals surface area (Å²) in [6.45, 7) is 3.87. The van der Waals surface area contributed by atoms with Gasteiger partial charge in [-0.15, -0.1) is 5.92 Å². The highest BCUT2D eigenvalue weighted by Crippen LogP contribution is 2.24. The summed E-state index contributed by atoms with van der Waals surface area (Å²) >= 11 is 2.09. The van der Waals surface area contributed by atoms with E-state index in [0.29, 0.717) is 0 Å². The van der Waals surface area contributed by atoms with Crippen LogP contribution in [-0.4, -0.2) is 24.1 Å². The molecule has 1 saturated heterocycles. The van der Waals surface area contributed by atoms with Crippen LogP contribution in [0.1, 0.15) is 19.8 Å². The van der Waals surface area contributed by atoms with Gasteiger partial charge in [0.05, 0.1) is 6.54 Å². The fraction of sp³-hybridized carbons (Fsp3) is 0.778. The highest BCUT2D eigenvalue weighted by Gasteiger charge is 2.13. The first-order chi connectivity index (χ1) is 5.43. The lowest BCUT2D eigenvalue weighted by molar-refractivity contribution is 0.688. The van der Waals surface area contributed by atoms with E-state index in [0.717, 1.165) is 18.3 Å². The minimum absolute atomic E-state index is 0.855. The van der Waals surface area contributed by atoms with Crippen molar-refractivity contribution in [2.75, 3.05) is 18.8 Å². The third-order valence-corrected chi connectivity index (χ3v) is 3.18. The lowest BCUT2D eigenvalue weighted by Crippen LogP contribution is -2.23. The first-order valence-corrected chi connectivity index (χ1v) is 5.20. The lowest BCUT2D eigenvalue weighted by Gasteiger charge is -2.06. The van der Waals surface area contributed by atoms with E-state index >= 15 is 0 Å². The van der Waals surface area contributed by atoms with Crippen molar-refractivity contribution < 1.29 is 0 Å². The second-order valence-corrected chi connectivity index (χ2v) is 4.10. The zero-order chi connectivity index (χ0) is 7.94. The fourth-order valence-electron chi connectivity index (χ4n) is 1.19. The molecule has 62 valence electrons. The van der Waals surface area contributed by atoms with Crippen LogP contribution in [0.2, 0.25) is 0 Å². The van der Waals surface area contributed by atoms with Gasteiger partial charge in [0.1, 0.15) is 0 Å². The van der Waals surface area contributed by atoms with Crippen molar-refractivity contribution in [2.45, 2.75) is 25.0 Å². The Morgan fingerprint density at radius 2 is 2.55 bits per heavy atom. The summed E-state index contributed by atoms with van der Waals surface area (Å²) in [6.07, 6.45) is 2.79. The van der Waals surface area contributed by atoms with Crippen molar-refractivity contribution in [1.29, 1.82) is 0 Å². The molecule has 0 aromatic rings. The number of rotatable bonds is 3. The molecule has 1 fully saturated rings. The third-order valence-electron chi connectivity index (χ3n) is 1.79. The van der Waals surface area contributed by atoms with Crippen LogP contribution in [0.25, 0.3) is 0 Å². The predicted molar refractivity (Wildman–Crippen MR) is 51.8 cm³/mol. The fourth-order valence-corrected chi connectivity index (χ4v) is 2.43. The SMILES string of the molecule is CC#CCNCC1CCCS1. The van der Waals surface area contributed by atoms with E-state index in [2.05, 4.69) is 28.9 Å². The van der Waals surface area contributed by atoms with Gasteiger partial charge in [-0.2, -0.15) is 11.8 Å². The summed E-state index contributed by atoms with van der Waals surface area (Å²) in [5.41, 5.74) is 0. The van der Waals surface area contributed by atoms with Crippen LogP contribution in [0.4, 0.5) is 0 Å². The van der Waals surface area contributed by atoms with Crippen LogP contribution in [0.3, 0.4) is 0 Å². The quantitative estimate of drug-likeness (QED) is 0.507. The molecule has 0 radical (unpaired) electrons. The zero-order valence-corrected chi connectivity index (χ0v) is 7.84. The summed E-state index contributed by atoms with van der Waals surface area (Å²) < 4.78 is 0. The van der Waals surface area contributed by atoms with Crippen LogP contribution in [-0.2, 0) is 0 Å². The first-order valence-electron chi connectivity index (χ1n) is 4.15. The highest BCUT2D eigenvalue weighted by molar-refractivity contribution is 8.00. The molecule has 1 nitrogen and oxygen atoms in total. The van der Waals surface area contributed by atoms with E-state index < -0.39 is 0 Å². The molecule has 1 atom stereocenters. The smallest absolute Gasteiger partial charge is 0.0576 e. The Balaban J connectivity index is 1.96. The van der Waals surface area contributed by atoms with Crippen LogP contribution in [0, 0.1) is 11.8 Å². The van der Waals surface area contributed by atoms with Gasteiger partial charge in [0.25, 0.3) is 0 Å². The second kappa shape index (κ2) is 5.51. The van der Waals surface area contributed by atoms with Gasteiger partial charge >= 0.3 is 0 Å². The molecule has 1 N–H and O–H groups in total. The number of hydrogen-bond acceptors (Lipinski definition) is 2. The molecule has 0 spiro atoms. The monoisotopic (exact) mass is 169 g/mol. The molecule has 11 heavy (non-hydrogen) atoms. The Morgan fingerprint density at radius 3 is 3.18 bits per heavy atom. The van der Waals surface area contributed by atoms with Crippen molar-refractivity contribution >= 4 is 11.8 Å². The normalized spacial score (nSPS) is 22.8. The summed E-state index contributed by atoms with van der Waals surface area (Å²) in [4.78, 5) is 0. The van der Waals surface area contributed by atoms with Gasteiger partial charge in [-0.25, -0.2) is 0 Å². The number of nitrogens with one attached hydrogen (secondary N) is 1. The molecule has 1 heterocycles. The van der Waals surface area contributed by atoms with E-state index in [1.165, 1.54) is 18.6 Å². The largest absolute Gasteiger partial charge is 0.305 e. The van der Waals surface area contributed by atoms with Crippen molar-refractivity contribution in [1.82, 2.24) is 5.32 Å². The molecule has 1 aliphatic heterocycles. The molecule has 0 aromatic carbocycles. The first kappa shape index (κ1) is 8.96. The third kappa shape index (κ3) is 3.69. The predicted octanol–water partition coefficient (Wildman–Crippen LogP) is 1.49. The van der Waals surface area contributed by atoms with E-state index in [1.807, 2.05) is 6.92 Å². The molecule has 2 heteroatoms. The topological polar surface area (TPSA) is 12.0 Å². The van der Waals surface area contributed by atoms with E-state index in [1.54, 1.807) is 0 Å². The standard InChI is InChI=1S/C9H15NS/c1-2-3-6-10-8-9-5-4-7-11-9/h9-10H,4-8H2,1H3. The molecular weight excluding hydrogens is 154 g/mol. The zero-order valence-electron chi connectivity index (χ0n) is 7.02. The van der Waals surface area contributed by atoms with Gasteiger partial charge < -0.3 is 5.32 Å². The van der Waals surface area contributed by atoms with Crippen molar-refractivity contribution in [3.05, 3.63) is 0 Å². The highest BCUT2D eigenvalue weighted by atomic mass is 32.2. The van der Waals surface area contributed by atoms with Gasteiger partial charge in [0.15, 0.2) is 0 Å². The maximum Gasteiger partial charge on any atom is 0.0576 e. The average molecular weight is 169 g/mol. The van der Waals surface area contributed by atoms with Gasteiger partial charge in [-0.1, -0.05) is 5.92 Å². The van der Waals surface area contributed by atoms with Crippen molar-refractivity contribution in [3.8, 4) is 11.8 Å². The van der Waals surface area contributed by atoms with Gasteiger partial charge in [-0.3, -0.25) is 0 Å². The molecule has 0 amide bonds. The molecule has 0 aliphatic carbocycles.